The molecular formula is C26H34O6. The van der Waals surface area contributed by atoms with Crippen molar-refractivity contribution in [3.63, 3.8) is 0 Å². The summed E-state index contributed by atoms with van der Waals surface area (Å²) in [7, 11) is 1.30. The van der Waals surface area contributed by atoms with E-state index in [1.165, 1.54) is 7.11 Å². The van der Waals surface area contributed by atoms with Crippen molar-refractivity contribution >= 4 is 17.7 Å². The molecular weight excluding hydrogens is 408 g/mol. The van der Waals surface area contributed by atoms with Gasteiger partial charge in [-0.05, 0) is 57.8 Å². The number of hydrogen-bond acceptors (Lipinski definition) is 6. The highest BCUT2D eigenvalue weighted by Gasteiger charge is 2.82. The van der Waals surface area contributed by atoms with Crippen molar-refractivity contribution < 1.29 is 29.0 Å². The molecule has 4 fully saturated rings. The molecule has 0 amide bonds. The van der Waals surface area contributed by atoms with Gasteiger partial charge in [0.25, 0.3) is 0 Å². The van der Waals surface area contributed by atoms with Crippen molar-refractivity contribution in [1.29, 1.82) is 0 Å². The zero-order valence-corrected chi connectivity index (χ0v) is 20.1. The zero-order chi connectivity index (χ0) is 23.6. The zero-order valence-electron chi connectivity index (χ0n) is 20.1. The van der Waals surface area contributed by atoms with Gasteiger partial charge in [0, 0.05) is 16.9 Å². The molecule has 0 radical (unpaired) electrons. The minimum absolute atomic E-state index is 0.0591. The van der Waals surface area contributed by atoms with Crippen LogP contribution in [0, 0.1) is 38.9 Å². The van der Waals surface area contributed by atoms with Gasteiger partial charge < -0.3 is 14.6 Å². The first-order valence-electron chi connectivity index (χ1n) is 11.7. The van der Waals surface area contributed by atoms with Gasteiger partial charge in [0.15, 0.2) is 11.2 Å². The molecule has 2 heterocycles. The van der Waals surface area contributed by atoms with E-state index < -0.39 is 27.6 Å². The Morgan fingerprint density at radius 2 is 1.78 bits per heavy atom. The second kappa shape index (κ2) is 5.87. The molecule has 2 bridgehead atoms. The predicted octanol–water partition coefficient (Wildman–Crippen LogP) is 4.29. The van der Waals surface area contributed by atoms with Crippen LogP contribution in [-0.4, -0.2) is 36.0 Å². The Kier molecular flexibility index (Phi) is 3.98. The molecule has 6 heteroatoms. The molecule has 0 unspecified atom stereocenters. The number of methoxy groups -OCH3 is 1. The maximum Gasteiger partial charge on any atom is 0.321 e. The van der Waals surface area contributed by atoms with Gasteiger partial charge in [-0.2, -0.15) is 0 Å². The van der Waals surface area contributed by atoms with Crippen molar-refractivity contribution in [1.82, 2.24) is 0 Å². The van der Waals surface area contributed by atoms with Gasteiger partial charge in [0.2, 0.25) is 0 Å². The van der Waals surface area contributed by atoms with Crippen LogP contribution in [0.4, 0.5) is 0 Å². The minimum atomic E-state index is -1.62. The number of ether oxygens (including phenoxy) is 2. The lowest BCUT2D eigenvalue weighted by molar-refractivity contribution is -0.262. The number of Topliss-reactive ketones (excluding diaryl/α,β-unsaturated/α-hetero) is 1. The smallest absolute Gasteiger partial charge is 0.321 e. The van der Waals surface area contributed by atoms with Gasteiger partial charge >= 0.3 is 11.9 Å². The van der Waals surface area contributed by atoms with Crippen LogP contribution in [0.3, 0.4) is 0 Å². The summed E-state index contributed by atoms with van der Waals surface area (Å²) in [5.41, 5.74) is -3.76. The number of ketones is 1. The van der Waals surface area contributed by atoms with Gasteiger partial charge in [-0.15, -0.1) is 0 Å². The number of aliphatic hydroxyl groups excluding tert-OH is 1. The second-order valence-corrected chi connectivity index (χ2v) is 11.8. The Hall–Kier alpha value is -2.11. The molecule has 2 saturated heterocycles. The van der Waals surface area contributed by atoms with Crippen molar-refractivity contribution in [2.24, 2.45) is 38.9 Å². The highest BCUT2D eigenvalue weighted by molar-refractivity contribution is 6.17. The average molecular weight is 443 g/mol. The highest BCUT2D eigenvalue weighted by atomic mass is 16.6. The van der Waals surface area contributed by atoms with E-state index in [-0.39, 0.29) is 46.4 Å². The molecule has 2 saturated carbocycles. The van der Waals surface area contributed by atoms with E-state index in [1.54, 1.807) is 13.8 Å². The van der Waals surface area contributed by atoms with E-state index in [0.29, 0.717) is 12.8 Å². The monoisotopic (exact) mass is 442 g/mol. The summed E-state index contributed by atoms with van der Waals surface area (Å²) in [6.45, 7) is 11.6. The predicted molar refractivity (Wildman–Crippen MR) is 116 cm³/mol. The number of allylic oxidation sites excluding steroid dienone is 3. The molecule has 6 rings (SSSR count). The molecule has 7 atom stereocenters. The normalized spacial score (nSPS) is 48.5. The summed E-state index contributed by atoms with van der Waals surface area (Å²) in [5.74, 6) is -1.51. The van der Waals surface area contributed by atoms with Gasteiger partial charge in [-0.1, -0.05) is 32.4 Å². The van der Waals surface area contributed by atoms with Crippen LogP contribution in [0.25, 0.3) is 0 Å². The molecule has 0 aromatic heterocycles. The minimum Gasteiger partial charge on any atom is -0.511 e. The Labute approximate surface area is 189 Å². The van der Waals surface area contributed by atoms with Crippen molar-refractivity contribution in [2.75, 3.05) is 7.11 Å². The van der Waals surface area contributed by atoms with Crippen LogP contribution >= 0.6 is 0 Å². The summed E-state index contributed by atoms with van der Waals surface area (Å²) in [5, 5.41) is 11.2. The Bertz CT molecular complexity index is 1030. The summed E-state index contributed by atoms with van der Waals surface area (Å²) in [4.78, 5) is 41.3. The molecule has 0 aromatic rings. The molecule has 174 valence electrons. The third-order valence-corrected chi connectivity index (χ3v) is 10.8. The van der Waals surface area contributed by atoms with Crippen LogP contribution in [0.15, 0.2) is 23.0 Å². The molecule has 6 nitrogen and oxygen atoms in total. The summed E-state index contributed by atoms with van der Waals surface area (Å²) < 4.78 is 11.3. The fourth-order valence-corrected chi connectivity index (χ4v) is 9.13. The summed E-state index contributed by atoms with van der Waals surface area (Å²) in [6, 6.07) is 0. The SMILES string of the molecule is COC(=O)[C@]12C(=O)C(C)=C(O)[C@]1(C)C(C)=C[C@H]1[C@@]34CC[C@@H](OC3=O)C(C)(C)[C@@H]4CC[C@@]12C. The Balaban J connectivity index is 1.85. The first-order valence-corrected chi connectivity index (χ1v) is 11.7. The van der Waals surface area contributed by atoms with Crippen LogP contribution in [0.5, 0.6) is 0 Å². The van der Waals surface area contributed by atoms with Gasteiger partial charge in [0.1, 0.15) is 11.9 Å². The standard InChI is InChI=1S/C26H34O6/c1-13-12-16-23(5,26(21(30)31-7)19(28)14(2)18(27)24(13,26)6)10-8-15-22(3,4)17-9-11-25(15,16)20(29)32-17/h12,15-17,27H,8-11H2,1-7H3/t15-,16+,17+,23-,24-,25-,26-/m0/s1. The van der Waals surface area contributed by atoms with E-state index in [4.69, 9.17) is 9.47 Å². The summed E-state index contributed by atoms with van der Waals surface area (Å²) >= 11 is 0. The van der Waals surface area contributed by atoms with Crippen LogP contribution in [0.2, 0.25) is 0 Å². The van der Waals surface area contributed by atoms with E-state index in [0.717, 1.165) is 18.4 Å². The van der Waals surface area contributed by atoms with Gasteiger partial charge in [0.05, 0.1) is 17.9 Å². The number of esters is 2. The molecule has 4 aliphatic carbocycles. The molecule has 6 aliphatic rings. The van der Waals surface area contributed by atoms with Crippen molar-refractivity contribution in [3.05, 3.63) is 23.0 Å². The third kappa shape index (κ3) is 1.80. The first kappa shape index (κ1) is 21.7. The molecule has 1 spiro atoms. The lowest BCUT2D eigenvalue weighted by Crippen LogP contribution is -2.74. The number of carbonyl (C=O) groups excluding carboxylic acids is 3. The second-order valence-electron chi connectivity index (χ2n) is 11.8. The number of carbonyl (C=O) groups is 3. The number of hydrogen-bond donors (Lipinski definition) is 1. The van der Waals surface area contributed by atoms with E-state index in [1.807, 2.05) is 13.8 Å². The Morgan fingerprint density at radius 3 is 2.38 bits per heavy atom. The number of aliphatic hydroxyl groups is 1. The Morgan fingerprint density at radius 1 is 1.12 bits per heavy atom. The summed E-state index contributed by atoms with van der Waals surface area (Å²) in [6.07, 6.45) is 4.77. The van der Waals surface area contributed by atoms with Gasteiger partial charge in [-0.25, -0.2) is 0 Å². The fourth-order valence-electron chi connectivity index (χ4n) is 9.13. The lowest BCUT2D eigenvalue weighted by Gasteiger charge is -2.70. The maximum absolute atomic E-state index is 14.0. The third-order valence-electron chi connectivity index (χ3n) is 10.8. The quantitative estimate of drug-likeness (QED) is 0.370. The van der Waals surface area contributed by atoms with Crippen LogP contribution in [-0.2, 0) is 23.9 Å². The molecule has 2 aliphatic heterocycles. The average Bonchev–Trinajstić information content (AvgIpc) is 2.90. The van der Waals surface area contributed by atoms with E-state index in [2.05, 4.69) is 19.9 Å². The largest absolute Gasteiger partial charge is 0.511 e. The fraction of sp³-hybridized carbons (Fsp3) is 0.731. The first-order chi connectivity index (χ1) is 14.8. The van der Waals surface area contributed by atoms with Crippen molar-refractivity contribution in [2.45, 2.75) is 73.3 Å². The highest BCUT2D eigenvalue weighted by Crippen LogP contribution is 2.78. The number of rotatable bonds is 1. The number of fused-ring (bicyclic) bond motifs is 5. The van der Waals surface area contributed by atoms with Crippen LogP contribution < -0.4 is 0 Å². The maximum atomic E-state index is 14.0. The molecule has 0 aromatic carbocycles. The lowest BCUT2D eigenvalue weighted by atomic mass is 9.32. The van der Waals surface area contributed by atoms with Gasteiger partial charge in [-0.3, -0.25) is 14.4 Å². The van der Waals surface area contributed by atoms with Crippen LogP contribution in [0.1, 0.15) is 67.2 Å². The van der Waals surface area contributed by atoms with E-state index >= 15 is 0 Å². The van der Waals surface area contributed by atoms with E-state index in [9.17, 15) is 19.5 Å². The molecule has 32 heavy (non-hydrogen) atoms. The van der Waals surface area contributed by atoms with Crippen molar-refractivity contribution in [3.8, 4) is 0 Å². The topological polar surface area (TPSA) is 89.9 Å². The molecule has 1 N–H and O–H groups in total.